The first-order chi connectivity index (χ1) is 13.8. The van der Waals surface area contributed by atoms with Gasteiger partial charge in [-0.1, -0.05) is 30.8 Å². The van der Waals surface area contributed by atoms with Crippen LogP contribution in [0.3, 0.4) is 0 Å². The van der Waals surface area contributed by atoms with Crippen LogP contribution in [0.5, 0.6) is 0 Å². The first-order valence-electron chi connectivity index (χ1n) is 9.23. The summed E-state index contributed by atoms with van der Waals surface area (Å²) in [5.41, 5.74) is 3.12. The van der Waals surface area contributed by atoms with Crippen molar-refractivity contribution in [1.29, 1.82) is 0 Å². The van der Waals surface area contributed by atoms with Crippen molar-refractivity contribution in [3.05, 3.63) is 65.7 Å². The predicted octanol–water partition coefficient (Wildman–Crippen LogP) is 3.17. The summed E-state index contributed by atoms with van der Waals surface area (Å²) in [6.07, 6.45) is 0. The molecule has 1 fully saturated rings. The van der Waals surface area contributed by atoms with E-state index in [-0.39, 0.29) is 10.5 Å². The molecule has 154 valence electrons. The van der Waals surface area contributed by atoms with Gasteiger partial charge in [-0.3, -0.25) is 9.45 Å². The van der Waals surface area contributed by atoms with E-state index in [4.69, 9.17) is 4.74 Å². The SMILES string of the molecule is C=NN(C(=C)c1ccc(C)cc1S(=O)(=O)O)c1ccc(CN2CCOCC2)cc1. The van der Waals surface area contributed by atoms with Crippen molar-refractivity contribution < 1.29 is 17.7 Å². The number of benzene rings is 2. The summed E-state index contributed by atoms with van der Waals surface area (Å²) in [5, 5.41) is 5.46. The van der Waals surface area contributed by atoms with Crippen molar-refractivity contribution in [2.24, 2.45) is 5.10 Å². The number of rotatable bonds is 7. The molecule has 8 heteroatoms. The molecular weight excluding hydrogens is 390 g/mol. The topological polar surface area (TPSA) is 82.4 Å². The van der Waals surface area contributed by atoms with Gasteiger partial charge in [-0.25, -0.2) is 5.01 Å². The first kappa shape index (κ1) is 21.2. The highest BCUT2D eigenvalue weighted by Gasteiger charge is 2.21. The molecule has 1 N–H and O–H groups in total. The van der Waals surface area contributed by atoms with E-state index < -0.39 is 10.1 Å². The zero-order valence-electron chi connectivity index (χ0n) is 16.4. The lowest BCUT2D eigenvalue weighted by Crippen LogP contribution is -2.35. The van der Waals surface area contributed by atoms with Crippen LogP contribution in [0.25, 0.3) is 5.70 Å². The smallest absolute Gasteiger partial charge is 0.295 e. The number of morpholine rings is 1. The second kappa shape index (κ2) is 8.87. The molecule has 3 rings (SSSR count). The van der Waals surface area contributed by atoms with Gasteiger partial charge in [0.15, 0.2) is 0 Å². The van der Waals surface area contributed by atoms with Crippen molar-refractivity contribution in [2.75, 3.05) is 31.3 Å². The van der Waals surface area contributed by atoms with Crippen LogP contribution < -0.4 is 5.01 Å². The van der Waals surface area contributed by atoms with Gasteiger partial charge in [0.1, 0.15) is 4.90 Å². The Balaban J connectivity index is 1.84. The lowest BCUT2D eigenvalue weighted by atomic mass is 10.1. The second-order valence-corrected chi connectivity index (χ2v) is 8.32. The molecule has 2 aromatic carbocycles. The standard InChI is InChI=1S/C21H25N3O4S/c1-16-4-9-20(21(14-16)29(25,26)27)17(2)24(22-3)19-7-5-18(6-8-19)15-23-10-12-28-13-11-23/h4-9,14H,2-3,10-13,15H2,1H3,(H,25,26,27). The monoisotopic (exact) mass is 415 g/mol. The maximum absolute atomic E-state index is 11.8. The van der Waals surface area contributed by atoms with Gasteiger partial charge in [-0.2, -0.15) is 13.5 Å². The van der Waals surface area contributed by atoms with Gasteiger partial charge in [0.05, 0.1) is 24.6 Å². The zero-order chi connectivity index (χ0) is 21.0. The molecule has 0 amide bonds. The van der Waals surface area contributed by atoms with E-state index in [1.807, 2.05) is 24.3 Å². The Morgan fingerprint density at radius 2 is 1.86 bits per heavy atom. The van der Waals surface area contributed by atoms with Crippen molar-refractivity contribution in [2.45, 2.75) is 18.4 Å². The fraction of sp³-hybridized carbons (Fsp3) is 0.286. The molecule has 1 saturated heterocycles. The van der Waals surface area contributed by atoms with Crippen molar-refractivity contribution in [3.63, 3.8) is 0 Å². The number of aryl methyl sites for hydroxylation is 1. The van der Waals surface area contributed by atoms with Gasteiger partial charge >= 0.3 is 0 Å². The van der Waals surface area contributed by atoms with Crippen LogP contribution in [0.15, 0.2) is 59.0 Å². The molecular formula is C21H25N3O4S. The van der Waals surface area contributed by atoms with Gasteiger partial charge in [0, 0.05) is 31.9 Å². The molecule has 29 heavy (non-hydrogen) atoms. The third-order valence-corrected chi connectivity index (χ3v) is 5.71. The number of nitrogens with zero attached hydrogens (tertiary/aromatic N) is 3. The lowest BCUT2D eigenvalue weighted by molar-refractivity contribution is 0.0342. The van der Waals surface area contributed by atoms with Crippen molar-refractivity contribution >= 4 is 28.2 Å². The Hall–Kier alpha value is -2.52. The maximum Gasteiger partial charge on any atom is 0.295 e. The fourth-order valence-corrected chi connectivity index (χ4v) is 4.08. The first-order valence-corrected chi connectivity index (χ1v) is 10.7. The molecule has 0 spiro atoms. The molecule has 1 aliphatic heterocycles. The van der Waals surface area contributed by atoms with Gasteiger partial charge < -0.3 is 4.74 Å². The highest BCUT2D eigenvalue weighted by Crippen LogP contribution is 2.30. The van der Waals surface area contributed by atoms with E-state index >= 15 is 0 Å². The van der Waals surface area contributed by atoms with Crippen LogP contribution in [0, 0.1) is 6.92 Å². The summed E-state index contributed by atoms with van der Waals surface area (Å²) in [6.45, 7) is 13.5. The summed E-state index contributed by atoms with van der Waals surface area (Å²) < 4.78 is 38.6. The van der Waals surface area contributed by atoms with E-state index in [0.717, 1.165) is 38.4 Å². The van der Waals surface area contributed by atoms with Gasteiger partial charge in [0.2, 0.25) is 0 Å². The van der Waals surface area contributed by atoms with E-state index in [9.17, 15) is 13.0 Å². The fourth-order valence-electron chi connectivity index (χ4n) is 3.28. The van der Waals surface area contributed by atoms with Crippen LogP contribution in [0.4, 0.5) is 5.69 Å². The molecule has 7 nitrogen and oxygen atoms in total. The second-order valence-electron chi connectivity index (χ2n) is 6.93. The van der Waals surface area contributed by atoms with Crippen molar-refractivity contribution in [3.8, 4) is 0 Å². The van der Waals surface area contributed by atoms with Crippen LogP contribution in [0.1, 0.15) is 16.7 Å². The summed E-state index contributed by atoms with van der Waals surface area (Å²) in [6, 6.07) is 12.5. The summed E-state index contributed by atoms with van der Waals surface area (Å²) in [7, 11) is -4.41. The molecule has 0 bridgehead atoms. The number of hydrogen-bond donors (Lipinski definition) is 1. The quantitative estimate of drug-likeness (QED) is 0.425. The Kier molecular flexibility index (Phi) is 6.49. The molecule has 1 heterocycles. The highest BCUT2D eigenvalue weighted by molar-refractivity contribution is 7.86. The normalized spacial score (nSPS) is 15.1. The minimum atomic E-state index is -4.41. The van der Waals surface area contributed by atoms with Crippen LogP contribution in [-0.4, -0.2) is 50.9 Å². The average molecular weight is 416 g/mol. The van der Waals surface area contributed by atoms with Crippen LogP contribution >= 0.6 is 0 Å². The van der Waals surface area contributed by atoms with Crippen LogP contribution in [0.2, 0.25) is 0 Å². The number of ether oxygens (including phenoxy) is 1. The molecule has 0 saturated carbocycles. The maximum atomic E-state index is 11.8. The van der Waals surface area contributed by atoms with E-state index in [2.05, 4.69) is 23.3 Å². The molecule has 0 unspecified atom stereocenters. The Morgan fingerprint density at radius 1 is 1.21 bits per heavy atom. The van der Waals surface area contributed by atoms with E-state index in [1.165, 1.54) is 11.1 Å². The summed E-state index contributed by atoms with van der Waals surface area (Å²) in [4.78, 5) is 2.12. The minimum absolute atomic E-state index is 0.208. The molecule has 1 aliphatic rings. The third kappa shape index (κ3) is 5.10. The largest absolute Gasteiger partial charge is 0.379 e. The van der Waals surface area contributed by atoms with Gasteiger partial charge in [-0.05, 0) is 36.2 Å². The lowest BCUT2D eigenvalue weighted by Gasteiger charge is -2.27. The number of hydrazone groups is 1. The number of hydrogen-bond acceptors (Lipinski definition) is 6. The summed E-state index contributed by atoms with van der Waals surface area (Å²) >= 11 is 0. The highest BCUT2D eigenvalue weighted by atomic mass is 32.2. The summed E-state index contributed by atoms with van der Waals surface area (Å²) in [5.74, 6) is 0. The van der Waals surface area contributed by atoms with Gasteiger partial charge in [0.25, 0.3) is 10.1 Å². The predicted molar refractivity (Wildman–Crippen MR) is 115 cm³/mol. The third-order valence-electron chi connectivity index (χ3n) is 4.81. The van der Waals surface area contributed by atoms with E-state index in [1.54, 1.807) is 19.1 Å². The molecule has 0 radical (unpaired) electrons. The van der Waals surface area contributed by atoms with Crippen molar-refractivity contribution in [1.82, 2.24) is 4.90 Å². The van der Waals surface area contributed by atoms with E-state index in [0.29, 0.717) is 16.9 Å². The van der Waals surface area contributed by atoms with Crippen LogP contribution in [-0.2, 0) is 21.4 Å². The minimum Gasteiger partial charge on any atom is -0.379 e. The Bertz CT molecular complexity index is 997. The Morgan fingerprint density at radius 3 is 2.45 bits per heavy atom. The van der Waals surface area contributed by atoms with Gasteiger partial charge in [-0.15, -0.1) is 0 Å². The molecule has 0 aliphatic carbocycles. The Labute approximate surface area is 171 Å². The zero-order valence-corrected chi connectivity index (χ0v) is 17.2. The molecule has 0 aromatic heterocycles. The molecule has 2 aromatic rings. The average Bonchev–Trinajstić information content (AvgIpc) is 2.70. The number of anilines is 1. The molecule has 0 atom stereocenters.